The zero-order chi connectivity index (χ0) is 18.1. The van der Waals surface area contributed by atoms with Crippen molar-refractivity contribution in [1.29, 1.82) is 0 Å². The maximum atomic E-state index is 12.4. The summed E-state index contributed by atoms with van der Waals surface area (Å²) in [7, 11) is -1.91. The van der Waals surface area contributed by atoms with Gasteiger partial charge in [0.2, 0.25) is 0 Å². The summed E-state index contributed by atoms with van der Waals surface area (Å²) in [5.74, 6) is 0. The minimum absolute atomic E-state index is 0.0180. The van der Waals surface area contributed by atoms with Gasteiger partial charge in [0.15, 0.2) is 8.32 Å². The molecular weight excluding hydrogens is 310 g/mol. The standard InChI is InChI=1S/C17H35NO4Si/c1-16(2,3)21-15(20)18-11-9-14(13(18)10-12-19)22-23(7,8)17(4,5)6/h13-14,19H,9-12H2,1-8H3. The topological polar surface area (TPSA) is 59.0 Å². The van der Waals surface area contributed by atoms with E-state index < -0.39 is 13.9 Å². The van der Waals surface area contributed by atoms with Crippen LogP contribution in [0.15, 0.2) is 0 Å². The summed E-state index contributed by atoms with van der Waals surface area (Å²) in [6.45, 7) is 17.3. The quantitative estimate of drug-likeness (QED) is 0.788. The zero-order valence-corrected chi connectivity index (χ0v) is 17.1. The molecule has 0 aliphatic carbocycles. The molecule has 1 fully saturated rings. The van der Waals surface area contributed by atoms with Crippen LogP contribution in [0.2, 0.25) is 18.1 Å². The number of carbonyl (C=O) groups is 1. The predicted molar refractivity (Wildman–Crippen MR) is 95.1 cm³/mol. The van der Waals surface area contributed by atoms with Crippen molar-refractivity contribution in [3.63, 3.8) is 0 Å². The first-order valence-corrected chi connectivity index (χ1v) is 11.5. The largest absolute Gasteiger partial charge is 0.444 e. The second-order valence-corrected chi connectivity index (χ2v) is 13.7. The molecule has 2 unspecified atom stereocenters. The van der Waals surface area contributed by atoms with Crippen molar-refractivity contribution in [2.24, 2.45) is 0 Å². The Labute approximate surface area is 142 Å². The zero-order valence-electron chi connectivity index (χ0n) is 16.1. The van der Waals surface area contributed by atoms with Crippen LogP contribution >= 0.6 is 0 Å². The van der Waals surface area contributed by atoms with Gasteiger partial charge in [0.1, 0.15) is 5.60 Å². The van der Waals surface area contributed by atoms with E-state index in [1.54, 1.807) is 4.90 Å². The number of hydrogen-bond acceptors (Lipinski definition) is 4. The van der Waals surface area contributed by atoms with Crippen molar-refractivity contribution in [3.8, 4) is 0 Å². The summed E-state index contributed by atoms with van der Waals surface area (Å²) in [4.78, 5) is 14.2. The molecule has 6 heteroatoms. The maximum absolute atomic E-state index is 12.4. The number of aliphatic hydroxyl groups is 1. The van der Waals surface area contributed by atoms with Crippen molar-refractivity contribution < 1.29 is 19.1 Å². The van der Waals surface area contributed by atoms with E-state index in [4.69, 9.17) is 9.16 Å². The monoisotopic (exact) mass is 345 g/mol. The Kier molecular flexibility index (Phi) is 6.32. The lowest BCUT2D eigenvalue weighted by atomic mass is 10.1. The third kappa shape index (κ3) is 5.47. The van der Waals surface area contributed by atoms with Gasteiger partial charge in [-0.25, -0.2) is 4.79 Å². The summed E-state index contributed by atoms with van der Waals surface area (Å²) in [5, 5.41) is 9.53. The Bertz CT molecular complexity index is 412. The summed E-state index contributed by atoms with van der Waals surface area (Å²) < 4.78 is 12.0. The fraction of sp³-hybridized carbons (Fsp3) is 0.941. The van der Waals surface area contributed by atoms with Gasteiger partial charge in [-0.3, -0.25) is 0 Å². The molecule has 136 valence electrons. The summed E-state index contributed by atoms with van der Waals surface area (Å²) in [5.41, 5.74) is -0.515. The molecule has 0 aromatic carbocycles. The van der Waals surface area contributed by atoms with Gasteiger partial charge >= 0.3 is 6.09 Å². The van der Waals surface area contributed by atoms with Crippen molar-refractivity contribution in [1.82, 2.24) is 4.90 Å². The SMILES string of the molecule is CC(C)(C)OC(=O)N1CCC(O[Si](C)(C)C(C)(C)C)C1CCO. The number of amides is 1. The van der Waals surface area contributed by atoms with Crippen LogP contribution in [0.25, 0.3) is 0 Å². The minimum atomic E-state index is -1.91. The Balaban J connectivity index is 2.86. The maximum Gasteiger partial charge on any atom is 0.410 e. The summed E-state index contributed by atoms with van der Waals surface area (Å²) in [6.07, 6.45) is 1.00. The number of likely N-dealkylation sites (tertiary alicyclic amines) is 1. The fourth-order valence-corrected chi connectivity index (χ4v) is 3.92. The van der Waals surface area contributed by atoms with Crippen LogP contribution in [-0.4, -0.2) is 55.3 Å². The highest BCUT2D eigenvalue weighted by atomic mass is 28.4. The Morgan fingerprint density at radius 3 is 2.22 bits per heavy atom. The van der Waals surface area contributed by atoms with E-state index in [9.17, 15) is 9.90 Å². The van der Waals surface area contributed by atoms with E-state index in [-0.39, 0.29) is 29.9 Å². The molecule has 1 saturated heterocycles. The lowest BCUT2D eigenvalue weighted by molar-refractivity contribution is 0.0134. The van der Waals surface area contributed by atoms with Crippen LogP contribution in [0.5, 0.6) is 0 Å². The number of ether oxygens (including phenoxy) is 1. The average molecular weight is 346 g/mol. The average Bonchev–Trinajstić information content (AvgIpc) is 2.68. The third-order valence-electron chi connectivity index (χ3n) is 4.79. The molecule has 2 atom stereocenters. The smallest absolute Gasteiger partial charge is 0.410 e. The Morgan fingerprint density at radius 1 is 1.22 bits per heavy atom. The molecule has 1 amide bonds. The van der Waals surface area contributed by atoms with Gasteiger partial charge in [-0.15, -0.1) is 0 Å². The van der Waals surface area contributed by atoms with Crippen molar-refractivity contribution in [2.45, 2.75) is 90.3 Å². The number of rotatable bonds is 4. The van der Waals surface area contributed by atoms with E-state index in [2.05, 4.69) is 33.9 Å². The van der Waals surface area contributed by atoms with Gasteiger partial charge in [-0.2, -0.15) is 0 Å². The van der Waals surface area contributed by atoms with E-state index in [0.29, 0.717) is 13.0 Å². The molecule has 5 nitrogen and oxygen atoms in total. The molecule has 23 heavy (non-hydrogen) atoms. The number of hydrogen-bond donors (Lipinski definition) is 1. The summed E-state index contributed by atoms with van der Waals surface area (Å²) in [6, 6.07) is -0.107. The highest BCUT2D eigenvalue weighted by molar-refractivity contribution is 6.74. The van der Waals surface area contributed by atoms with Gasteiger partial charge in [-0.05, 0) is 51.7 Å². The lowest BCUT2D eigenvalue weighted by Crippen LogP contribution is -2.49. The van der Waals surface area contributed by atoms with Gasteiger partial charge < -0.3 is 19.2 Å². The van der Waals surface area contributed by atoms with Gasteiger partial charge in [0.05, 0.1) is 12.1 Å². The normalized spacial score (nSPS) is 23.3. The lowest BCUT2D eigenvalue weighted by Gasteiger charge is -2.40. The van der Waals surface area contributed by atoms with Crippen LogP contribution in [0, 0.1) is 0 Å². The van der Waals surface area contributed by atoms with Crippen molar-refractivity contribution in [3.05, 3.63) is 0 Å². The summed E-state index contributed by atoms with van der Waals surface area (Å²) >= 11 is 0. The molecule has 1 N–H and O–H groups in total. The molecule has 0 aromatic heterocycles. The van der Waals surface area contributed by atoms with Crippen LogP contribution in [0.4, 0.5) is 4.79 Å². The first-order valence-electron chi connectivity index (χ1n) is 8.57. The van der Waals surface area contributed by atoms with Crippen molar-refractivity contribution >= 4 is 14.4 Å². The third-order valence-corrected chi connectivity index (χ3v) is 9.29. The highest BCUT2D eigenvalue weighted by Crippen LogP contribution is 2.39. The molecular formula is C17H35NO4Si. The Morgan fingerprint density at radius 2 is 1.78 bits per heavy atom. The van der Waals surface area contributed by atoms with Gasteiger partial charge in [0.25, 0.3) is 0 Å². The molecule has 0 saturated carbocycles. The minimum Gasteiger partial charge on any atom is -0.444 e. The van der Waals surface area contributed by atoms with Crippen molar-refractivity contribution in [2.75, 3.05) is 13.2 Å². The van der Waals surface area contributed by atoms with Crippen LogP contribution < -0.4 is 0 Å². The first-order chi connectivity index (χ1) is 10.3. The van der Waals surface area contributed by atoms with Crippen LogP contribution in [0.1, 0.15) is 54.4 Å². The number of aliphatic hydroxyl groups excluding tert-OH is 1. The van der Waals surface area contributed by atoms with E-state index in [0.717, 1.165) is 6.42 Å². The van der Waals surface area contributed by atoms with Gasteiger partial charge in [0, 0.05) is 13.2 Å². The number of carbonyl (C=O) groups excluding carboxylic acids is 1. The first kappa shape index (κ1) is 20.5. The predicted octanol–water partition coefficient (Wildman–Crippen LogP) is 3.77. The van der Waals surface area contributed by atoms with Gasteiger partial charge in [-0.1, -0.05) is 20.8 Å². The molecule has 0 spiro atoms. The molecule has 1 aliphatic heterocycles. The fourth-order valence-electron chi connectivity index (χ4n) is 2.54. The van der Waals surface area contributed by atoms with E-state index in [1.807, 2.05) is 20.8 Å². The Hall–Kier alpha value is -0.593. The molecule has 0 radical (unpaired) electrons. The van der Waals surface area contributed by atoms with E-state index in [1.165, 1.54) is 0 Å². The molecule has 1 heterocycles. The second kappa shape index (κ2) is 7.11. The van der Waals surface area contributed by atoms with E-state index >= 15 is 0 Å². The second-order valence-electron chi connectivity index (χ2n) is 8.96. The van der Waals surface area contributed by atoms with Crippen LogP contribution in [0.3, 0.4) is 0 Å². The van der Waals surface area contributed by atoms with Crippen LogP contribution in [-0.2, 0) is 9.16 Å². The molecule has 0 bridgehead atoms. The number of nitrogens with zero attached hydrogens (tertiary/aromatic N) is 1. The molecule has 1 rings (SSSR count). The molecule has 1 aliphatic rings. The highest BCUT2D eigenvalue weighted by Gasteiger charge is 2.45. The molecule has 0 aromatic rings.